The minimum atomic E-state index is -0.0579. The lowest BCUT2D eigenvalue weighted by Crippen LogP contribution is -2.16. The van der Waals surface area contributed by atoms with Crippen LogP contribution in [0, 0.1) is 5.92 Å². The molecule has 11 aromatic rings. The molecule has 1 aromatic heterocycles. The summed E-state index contributed by atoms with van der Waals surface area (Å²) in [5, 5.41) is 4.78. The van der Waals surface area contributed by atoms with Gasteiger partial charge in [0, 0.05) is 33.3 Å². The molecule has 338 valence electrons. The number of benzene rings is 10. The van der Waals surface area contributed by atoms with E-state index in [0.717, 1.165) is 50.1 Å². The Bertz CT molecular complexity index is 3950. The summed E-state index contributed by atoms with van der Waals surface area (Å²) in [5.41, 5.74) is 22.5. The number of allylic oxidation sites excluding steroid dienone is 5. The highest BCUT2D eigenvalue weighted by Gasteiger charge is 2.35. The first-order valence-corrected chi connectivity index (χ1v) is 24.8. The lowest BCUT2D eigenvalue weighted by atomic mass is 9.81. The van der Waals surface area contributed by atoms with E-state index >= 15 is 0 Å². The Hall–Kier alpha value is -8.72. The van der Waals surface area contributed by atoms with Crippen LogP contribution in [0.3, 0.4) is 0 Å². The Labute approximate surface area is 415 Å². The van der Waals surface area contributed by atoms with E-state index in [1.165, 1.54) is 77.5 Å². The molecule has 0 saturated heterocycles. The summed E-state index contributed by atoms with van der Waals surface area (Å²) in [6.07, 6.45) is 9.34. The predicted octanol–water partition coefficient (Wildman–Crippen LogP) is 19.0. The molecule has 2 aliphatic carbocycles. The molecular formula is C69H51NO. The standard InChI is InChI=1S/C69H51NO/c1-45-39-54(48-21-19-47(20-22-48)52-13-10-14-53(41-52)55-24-23-46-11-4-5-12-51(46)42-55)29-36-60(40-45)70(58-32-25-49(26-33-58)56-31-38-68-64(43-56)63-16-7-9-18-67(63)71-68)59-34-27-50(28-35-59)57-30-37-62-61-15-6-8-17-65(61)69(2,3)66(62)44-57/h4-45H,1-3H3/t45-/m0/s1. The second-order valence-electron chi connectivity index (χ2n) is 19.8. The van der Waals surface area contributed by atoms with Crippen molar-refractivity contribution in [1.82, 2.24) is 0 Å². The topological polar surface area (TPSA) is 16.4 Å². The number of nitrogens with zero attached hydrogens (tertiary/aromatic N) is 1. The molecule has 71 heavy (non-hydrogen) atoms. The van der Waals surface area contributed by atoms with Crippen LogP contribution in [-0.4, -0.2) is 0 Å². The fraction of sp³-hybridized carbons (Fsp3) is 0.0725. The summed E-state index contributed by atoms with van der Waals surface area (Å²) in [4.78, 5) is 2.40. The Kier molecular flexibility index (Phi) is 10.2. The smallest absolute Gasteiger partial charge is 0.135 e. The Morgan fingerprint density at radius 2 is 0.930 bits per heavy atom. The molecule has 2 heteroatoms. The molecule has 0 spiro atoms. The van der Waals surface area contributed by atoms with Crippen molar-refractivity contribution in [3.63, 3.8) is 0 Å². The molecule has 2 nitrogen and oxygen atoms in total. The van der Waals surface area contributed by atoms with Crippen LogP contribution in [0.4, 0.5) is 11.4 Å². The molecule has 10 aromatic carbocycles. The molecular weight excluding hydrogens is 859 g/mol. The number of para-hydroxylation sites is 1. The largest absolute Gasteiger partial charge is 0.456 e. The SMILES string of the molecule is C[C@H]1C=C(c2ccc(-c3cccc(-c4ccc5ccccc5c4)c3)cc2)C=CC(N(c2ccc(-c3ccc4c(c3)C(C)(C)c3ccccc3-4)cc2)c2ccc(-c3ccc4oc5ccccc5c4c3)cc2)=C1. The molecule has 1 atom stereocenters. The van der Waals surface area contributed by atoms with Crippen LogP contribution in [0.15, 0.2) is 259 Å². The normalized spacial score (nSPS) is 14.8. The second-order valence-corrected chi connectivity index (χ2v) is 19.8. The summed E-state index contributed by atoms with van der Waals surface area (Å²) < 4.78 is 6.17. The summed E-state index contributed by atoms with van der Waals surface area (Å²) in [6.45, 7) is 6.99. The van der Waals surface area contributed by atoms with Gasteiger partial charge in [-0.1, -0.05) is 203 Å². The van der Waals surface area contributed by atoms with Crippen molar-refractivity contribution in [3.05, 3.63) is 271 Å². The van der Waals surface area contributed by atoms with Gasteiger partial charge in [0.25, 0.3) is 0 Å². The van der Waals surface area contributed by atoms with Gasteiger partial charge in [-0.15, -0.1) is 0 Å². The maximum Gasteiger partial charge on any atom is 0.135 e. The van der Waals surface area contributed by atoms with Crippen LogP contribution < -0.4 is 4.90 Å². The zero-order chi connectivity index (χ0) is 47.6. The van der Waals surface area contributed by atoms with E-state index in [0.29, 0.717) is 0 Å². The van der Waals surface area contributed by atoms with Crippen molar-refractivity contribution >= 4 is 49.7 Å². The lowest BCUT2D eigenvalue weighted by Gasteiger charge is -2.27. The van der Waals surface area contributed by atoms with Crippen molar-refractivity contribution < 1.29 is 4.42 Å². The summed E-state index contributed by atoms with van der Waals surface area (Å²) in [7, 11) is 0. The van der Waals surface area contributed by atoms with E-state index in [4.69, 9.17) is 4.42 Å². The zero-order valence-corrected chi connectivity index (χ0v) is 40.1. The molecule has 0 amide bonds. The predicted molar refractivity (Wildman–Crippen MR) is 300 cm³/mol. The van der Waals surface area contributed by atoms with Gasteiger partial charge in [-0.3, -0.25) is 0 Å². The van der Waals surface area contributed by atoms with Gasteiger partial charge in [0.05, 0.1) is 0 Å². The molecule has 0 N–H and O–H groups in total. The van der Waals surface area contributed by atoms with Gasteiger partial charge in [0.1, 0.15) is 11.2 Å². The zero-order valence-electron chi connectivity index (χ0n) is 40.1. The Balaban J connectivity index is 0.819. The first-order chi connectivity index (χ1) is 34.8. The summed E-state index contributed by atoms with van der Waals surface area (Å²) in [5.74, 6) is 0.171. The van der Waals surface area contributed by atoms with Crippen molar-refractivity contribution in [1.29, 1.82) is 0 Å². The van der Waals surface area contributed by atoms with Crippen molar-refractivity contribution in [2.45, 2.75) is 26.2 Å². The minimum Gasteiger partial charge on any atom is -0.456 e. The number of hydrogen-bond acceptors (Lipinski definition) is 2. The third-order valence-corrected chi connectivity index (χ3v) is 14.9. The highest BCUT2D eigenvalue weighted by molar-refractivity contribution is 6.06. The average Bonchev–Trinajstić information content (AvgIpc) is 3.82. The van der Waals surface area contributed by atoms with Gasteiger partial charge in [-0.05, 0) is 161 Å². The van der Waals surface area contributed by atoms with Crippen LogP contribution in [0.25, 0.3) is 93.9 Å². The number of fused-ring (bicyclic) bond motifs is 7. The first-order valence-electron chi connectivity index (χ1n) is 24.8. The highest BCUT2D eigenvalue weighted by Crippen LogP contribution is 2.50. The number of furan rings is 1. The van der Waals surface area contributed by atoms with Crippen LogP contribution in [0.2, 0.25) is 0 Å². The number of hydrogen-bond donors (Lipinski definition) is 0. The van der Waals surface area contributed by atoms with E-state index < -0.39 is 0 Å². The molecule has 2 aliphatic rings. The van der Waals surface area contributed by atoms with Gasteiger partial charge < -0.3 is 9.32 Å². The first kappa shape index (κ1) is 42.4. The summed E-state index contributed by atoms with van der Waals surface area (Å²) >= 11 is 0. The molecule has 0 bridgehead atoms. The van der Waals surface area contributed by atoms with Gasteiger partial charge in [-0.2, -0.15) is 0 Å². The number of anilines is 2. The highest BCUT2D eigenvalue weighted by atomic mass is 16.3. The fourth-order valence-corrected chi connectivity index (χ4v) is 11.2. The van der Waals surface area contributed by atoms with Crippen molar-refractivity contribution in [2.24, 2.45) is 5.92 Å². The van der Waals surface area contributed by atoms with Crippen molar-refractivity contribution in [3.8, 4) is 55.6 Å². The maximum atomic E-state index is 6.17. The molecule has 0 unspecified atom stereocenters. The minimum absolute atomic E-state index is 0.0579. The van der Waals surface area contributed by atoms with Crippen molar-refractivity contribution in [2.75, 3.05) is 4.90 Å². The fourth-order valence-electron chi connectivity index (χ4n) is 11.2. The molecule has 0 saturated carbocycles. The Morgan fingerprint density at radius 1 is 0.380 bits per heavy atom. The second kappa shape index (κ2) is 17.1. The van der Waals surface area contributed by atoms with Crippen LogP contribution in [-0.2, 0) is 5.41 Å². The molecule has 0 fully saturated rings. The van der Waals surface area contributed by atoms with Gasteiger partial charge in [0.15, 0.2) is 0 Å². The third kappa shape index (κ3) is 7.60. The van der Waals surface area contributed by atoms with E-state index in [1.54, 1.807) is 0 Å². The van der Waals surface area contributed by atoms with Crippen LogP contribution in [0.5, 0.6) is 0 Å². The summed E-state index contributed by atoms with van der Waals surface area (Å²) in [6, 6.07) is 82.0. The molecule has 13 rings (SSSR count). The number of rotatable bonds is 8. The maximum absolute atomic E-state index is 6.17. The lowest BCUT2D eigenvalue weighted by molar-refractivity contribution is 0.660. The average molecular weight is 910 g/mol. The monoisotopic (exact) mass is 909 g/mol. The third-order valence-electron chi connectivity index (χ3n) is 14.9. The molecule has 0 aliphatic heterocycles. The molecule has 0 radical (unpaired) electrons. The van der Waals surface area contributed by atoms with Crippen LogP contribution in [0.1, 0.15) is 37.5 Å². The van der Waals surface area contributed by atoms with Crippen LogP contribution >= 0.6 is 0 Å². The van der Waals surface area contributed by atoms with Gasteiger partial charge >= 0.3 is 0 Å². The van der Waals surface area contributed by atoms with Gasteiger partial charge in [-0.25, -0.2) is 0 Å². The van der Waals surface area contributed by atoms with E-state index in [-0.39, 0.29) is 11.3 Å². The van der Waals surface area contributed by atoms with E-state index in [2.05, 4.69) is 262 Å². The van der Waals surface area contributed by atoms with Gasteiger partial charge in [0.2, 0.25) is 0 Å². The quantitative estimate of drug-likeness (QED) is 0.151. The Morgan fingerprint density at radius 3 is 1.70 bits per heavy atom. The molecule has 1 heterocycles. The van der Waals surface area contributed by atoms with E-state index in [9.17, 15) is 0 Å². The van der Waals surface area contributed by atoms with E-state index in [1.807, 2.05) is 12.1 Å².